The second kappa shape index (κ2) is 7.17. The molecule has 0 heterocycles. The van der Waals surface area contributed by atoms with Crippen molar-refractivity contribution in [3.8, 4) is 0 Å². The third kappa shape index (κ3) is 5.07. The minimum absolute atomic E-state index is 0.251. The third-order valence-corrected chi connectivity index (χ3v) is 3.10. The van der Waals surface area contributed by atoms with Crippen LogP contribution in [0.1, 0.15) is 13.8 Å². The van der Waals surface area contributed by atoms with Crippen LogP contribution in [0.25, 0.3) is 0 Å². The molecule has 1 rings (SSSR count). The standard InChI is InChI=1S/C12H19N3S/c1-3-16-9-10(2)14-12(13)15-11-7-5-4-6-8-11/h4-8,10H,3,9H2,1-2H3,(H3,13,14,15). The molecule has 1 unspecified atom stereocenters. The van der Waals surface area contributed by atoms with Crippen LogP contribution in [-0.4, -0.2) is 23.5 Å². The van der Waals surface area contributed by atoms with Crippen molar-refractivity contribution in [3.05, 3.63) is 30.3 Å². The first-order chi connectivity index (χ1) is 7.72. The smallest absolute Gasteiger partial charge is 0.193 e. The van der Waals surface area contributed by atoms with Crippen LogP contribution in [0.2, 0.25) is 0 Å². The maximum Gasteiger partial charge on any atom is 0.193 e. The number of nitrogens with zero attached hydrogens (tertiary/aromatic N) is 1. The van der Waals surface area contributed by atoms with Crippen molar-refractivity contribution in [2.45, 2.75) is 19.9 Å². The van der Waals surface area contributed by atoms with Crippen molar-refractivity contribution in [1.82, 2.24) is 0 Å². The number of para-hydroxylation sites is 1. The zero-order valence-electron chi connectivity index (χ0n) is 9.81. The fourth-order valence-corrected chi connectivity index (χ4v) is 1.92. The molecule has 1 aromatic rings. The first-order valence-corrected chi connectivity index (χ1v) is 6.61. The molecule has 0 saturated carbocycles. The minimum Gasteiger partial charge on any atom is -0.370 e. The monoisotopic (exact) mass is 237 g/mol. The minimum atomic E-state index is 0.251. The predicted octanol–water partition coefficient (Wildman–Crippen LogP) is 2.55. The SMILES string of the molecule is CCSCC(C)N=C(N)Nc1ccccc1. The van der Waals surface area contributed by atoms with Crippen LogP contribution in [0.5, 0.6) is 0 Å². The number of nitrogens with two attached hydrogens (primary N) is 1. The van der Waals surface area contributed by atoms with E-state index in [1.165, 1.54) is 0 Å². The van der Waals surface area contributed by atoms with Gasteiger partial charge in [-0.1, -0.05) is 25.1 Å². The molecule has 3 N–H and O–H groups in total. The van der Waals surface area contributed by atoms with Gasteiger partial charge in [-0.25, -0.2) is 4.99 Å². The Morgan fingerprint density at radius 2 is 2.12 bits per heavy atom. The molecule has 16 heavy (non-hydrogen) atoms. The Morgan fingerprint density at radius 3 is 2.75 bits per heavy atom. The molecule has 4 heteroatoms. The average molecular weight is 237 g/mol. The molecule has 0 saturated heterocycles. The Kier molecular flexibility index (Phi) is 5.78. The molecule has 0 aliphatic carbocycles. The van der Waals surface area contributed by atoms with Crippen LogP contribution in [0.3, 0.4) is 0 Å². The summed E-state index contributed by atoms with van der Waals surface area (Å²) in [6.07, 6.45) is 0. The molecule has 0 amide bonds. The summed E-state index contributed by atoms with van der Waals surface area (Å²) in [6.45, 7) is 4.22. The van der Waals surface area contributed by atoms with Gasteiger partial charge in [-0.3, -0.25) is 0 Å². The largest absolute Gasteiger partial charge is 0.370 e. The van der Waals surface area contributed by atoms with Gasteiger partial charge >= 0.3 is 0 Å². The summed E-state index contributed by atoms with van der Waals surface area (Å²) in [4.78, 5) is 4.37. The lowest BCUT2D eigenvalue weighted by molar-refractivity contribution is 0.846. The molecule has 0 radical (unpaired) electrons. The normalized spacial score (nSPS) is 13.5. The van der Waals surface area contributed by atoms with Gasteiger partial charge in [0.2, 0.25) is 0 Å². The van der Waals surface area contributed by atoms with Gasteiger partial charge in [0, 0.05) is 11.4 Å². The maximum atomic E-state index is 5.81. The Bertz CT molecular complexity index is 324. The Morgan fingerprint density at radius 1 is 1.44 bits per heavy atom. The van der Waals surface area contributed by atoms with E-state index in [0.29, 0.717) is 5.96 Å². The van der Waals surface area contributed by atoms with Crippen molar-refractivity contribution in [1.29, 1.82) is 0 Å². The summed E-state index contributed by atoms with van der Waals surface area (Å²) in [5.74, 6) is 2.61. The van der Waals surface area contributed by atoms with Crippen molar-refractivity contribution in [2.24, 2.45) is 10.7 Å². The summed E-state index contributed by atoms with van der Waals surface area (Å²) in [5, 5.41) is 3.07. The molecule has 0 fully saturated rings. The van der Waals surface area contributed by atoms with Gasteiger partial charge in [-0.15, -0.1) is 0 Å². The first kappa shape index (κ1) is 12.9. The van der Waals surface area contributed by atoms with E-state index in [1.807, 2.05) is 42.1 Å². The Balaban J connectivity index is 2.45. The number of aliphatic imine (C=N–C) groups is 1. The molecule has 1 aromatic carbocycles. The number of anilines is 1. The van der Waals surface area contributed by atoms with Crippen LogP contribution >= 0.6 is 11.8 Å². The number of thioether (sulfide) groups is 1. The number of rotatable bonds is 5. The highest BCUT2D eigenvalue weighted by molar-refractivity contribution is 7.99. The maximum absolute atomic E-state index is 5.81. The van der Waals surface area contributed by atoms with Gasteiger partial charge in [0.25, 0.3) is 0 Å². The van der Waals surface area contributed by atoms with Crippen molar-refractivity contribution in [2.75, 3.05) is 16.8 Å². The lowest BCUT2D eigenvalue weighted by Gasteiger charge is -2.09. The van der Waals surface area contributed by atoms with E-state index < -0.39 is 0 Å². The quantitative estimate of drug-likeness (QED) is 0.611. The number of hydrogen-bond acceptors (Lipinski definition) is 2. The number of guanidine groups is 1. The highest BCUT2D eigenvalue weighted by atomic mass is 32.2. The Labute approximate surface area is 102 Å². The molecule has 0 bridgehead atoms. The molecule has 0 spiro atoms. The molecular weight excluding hydrogens is 218 g/mol. The van der Waals surface area contributed by atoms with Crippen molar-refractivity contribution >= 4 is 23.4 Å². The lowest BCUT2D eigenvalue weighted by Crippen LogP contribution is -2.25. The molecule has 1 atom stereocenters. The van der Waals surface area contributed by atoms with Gasteiger partial charge in [0.05, 0.1) is 6.04 Å². The van der Waals surface area contributed by atoms with Crippen LogP contribution < -0.4 is 11.1 Å². The zero-order chi connectivity index (χ0) is 11.8. The topological polar surface area (TPSA) is 50.4 Å². The van der Waals surface area contributed by atoms with Crippen LogP contribution in [-0.2, 0) is 0 Å². The summed E-state index contributed by atoms with van der Waals surface area (Å²) < 4.78 is 0. The van der Waals surface area contributed by atoms with Gasteiger partial charge in [-0.05, 0) is 24.8 Å². The van der Waals surface area contributed by atoms with Gasteiger partial charge in [-0.2, -0.15) is 11.8 Å². The van der Waals surface area contributed by atoms with E-state index in [0.717, 1.165) is 17.2 Å². The third-order valence-electron chi connectivity index (χ3n) is 1.97. The fourth-order valence-electron chi connectivity index (χ4n) is 1.26. The number of benzene rings is 1. The highest BCUT2D eigenvalue weighted by Crippen LogP contribution is 2.06. The summed E-state index contributed by atoms with van der Waals surface area (Å²) >= 11 is 1.87. The zero-order valence-corrected chi connectivity index (χ0v) is 10.6. The molecular formula is C12H19N3S. The van der Waals surface area contributed by atoms with E-state index in [2.05, 4.69) is 24.2 Å². The van der Waals surface area contributed by atoms with E-state index >= 15 is 0 Å². The van der Waals surface area contributed by atoms with E-state index in [9.17, 15) is 0 Å². The van der Waals surface area contributed by atoms with Gasteiger partial charge < -0.3 is 11.1 Å². The molecule has 0 aromatic heterocycles. The second-order valence-electron chi connectivity index (χ2n) is 3.51. The summed E-state index contributed by atoms with van der Waals surface area (Å²) in [5.41, 5.74) is 6.78. The van der Waals surface area contributed by atoms with Gasteiger partial charge in [0.15, 0.2) is 5.96 Å². The van der Waals surface area contributed by atoms with Crippen LogP contribution in [0.4, 0.5) is 5.69 Å². The van der Waals surface area contributed by atoms with E-state index in [4.69, 9.17) is 5.73 Å². The first-order valence-electron chi connectivity index (χ1n) is 5.45. The molecule has 0 aliphatic heterocycles. The van der Waals surface area contributed by atoms with Crippen LogP contribution in [0.15, 0.2) is 35.3 Å². The number of nitrogens with one attached hydrogen (secondary N) is 1. The number of hydrogen-bond donors (Lipinski definition) is 2. The Hall–Kier alpha value is -1.16. The van der Waals surface area contributed by atoms with Crippen LogP contribution in [0, 0.1) is 0 Å². The average Bonchev–Trinajstić information content (AvgIpc) is 2.27. The molecule has 88 valence electrons. The molecule has 0 aliphatic rings. The van der Waals surface area contributed by atoms with Crippen molar-refractivity contribution < 1.29 is 0 Å². The predicted molar refractivity (Wildman–Crippen MR) is 74.1 cm³/mol. The summed E-state index contributed by atoms with van der Waals surface area (Å²) in [7, 11) is 0. The summed E-state index contributed by atoms with van der Waals surface area (Å²) in [6, 6.07) is 10.1. The highest BCUT2D eigenvalue weighted by Gasteiger charge is 2.00. The van der Waals surface area contributed by atoms with E-state index in [-0.39, 0.29) is 6.04 Å². The van der Waals surface area contributed by atoms with E-state index in [1.54, 1.807) is 0 Å². The van der Waals surface area contributed by atoms with Gasteiger partial charge in [0.1, 0.15) is 0 Å². The van der Waals surface area contributed by atoms with Crippen molar-refractivity contribution in [3.63, 3.8) is 0 Å². The lowest BCUT2D eigenvalue weighted by atomic mass is 10.3. The second-order valence-corrected chi connectivity index (χ2v) is 4.83. The molecule has 3 nitrogen and oxygen atoms in total. The fraction of sp³-hybridized carbons (Fsp3) is 0.417.